The number of hydrogen-bond acceptors (Lipinski definition) is 5. The molecular formula is C13H17N5O. The molecule has 2 saturated carbocycles. The van der Waals surface area contributed by atoms with Gasteiger partial charge in [-0.15, -0.1) is 0 Å². The second kappa shape index (κ2) is 3.90. The standard InChI is InChI=1S/C13H17N5O/c14-13(5-2-6-13)12-15-7-9(16-12)11-17-10(18-19-11)8-3-1-4-8/h7-8H,1-6,14H2,(H,15,16). The third kappa shape index (κ3) is 1.70. The smallest absolute Gasteiger partial charge is 0.275 e. The van der Waals surface area contributed by atoms with Crippen molar-refractivity contribution >= 4 is 0 Å². The van der Waals surface area contributed by atoms with Crippen molar-refractivity contribution in [1.82, 2.24) is 20.1 Å². The van der Waals surface area contributed by atoms with E-state index < -0.39 is 0 Å². The third-order valence-electron chi connectivity index (χ3n) is 4.44. The molecule has 2 fully saturated rings. The van der Waals surface area contributed by atoms with Crippen molar-refractivity contribution in [2.45, 2.75) is 50.0 Å². The summed E-state index contributed by atoms with van der Waals surface area (Å²) in [6.07, 6.45) is 8.46. The van der Waals surface area contributed by atoms with Crippen LogP contribution in [0.1, 0.15) is 56.1 Å². The van der Waals surface area contributed by atoms with Gasteiger partial charge in [-0.05, 0) is 32.1 Å². The molecule has 100 valence electrons. The van der Waals surface area contributed by atoms with Gasteiger partial charge in [0.05, 0.1) is 11.7 Å². The van der Waals surface area contributed by atoms with Gasteiger partial charge in [-0.25, -0.2) is 4.98 Å². The van der Waals surface area contributed by atoms with Gasteiger partial charge in [-0.3, -0.25) is 0 Å². The fourth-order valence-corrected chi connectivity index (χ4v) is 2.65. The van der Waals surface area contributed by atoms with Crippen LogP contribution in [0.3, 0.4) is 0 Å². The van der Waals surface area contributed by atoms with Gasteiger partial charge in [0.25, 0.3) is 5.89 Å². The van der Waals surface area contributed by atoms with Gasteiger partial charge in [0, 0.05) is 5.92 Å². The Hall–Kier alpha value is -1.69. The molecule has 0 saturated heterocycles. The molecule has 2 heterocycles. The molecule has 2 aromatic heterocycles. The largest absolute Gasteiger partial charge is 0.336 e. The molecule has 0 bridgehead atoms. The minimum atomic E-state index is -0.283. The van der Waals surface area contributed by atoms with Crippen LogP contribution in [0.25, 0.3) is 11.6 Å². The molecule has 0 aromatic carbocycles. The summed E-state index contributed by atoms with van der Waals surface area (Å²) in [4.78, 5) is 12.0. The van der Waals surface area contributed by atoms with Crippen LogP contribution in [0.5, 0.6) is 0 Å². The Labute approximate surface area is 110 Å². The summed E-state index contributed by atoms with van der Waals surface area (Å²) < 4.78 is 5.31. The van der Waals surface area contributed by atoms with Crippen LogP contribution in [0, 0.1) is 0 Å². The first-order chi connectivity index (χ1) is 9.24. The maximum Gasteiger partial charge on any atom is 0.275 e. The minimum Gasteiger partial charge on any atom is -0.336 e. The molecule has 0 aliphatic heterocycles. The lowest BCUT2D eigenvalue weighted by molar-refractivity contribution is 0.240. The van der Waals surface area contributed by atoms with Gasteiger partial charge in [0.1, 0.15) is 11.5 Å². The molecule has 0 radical (unpaired) electrons. The van der Waals surface area contributed by atoms with Crippen LogP contribution in [-0.2, 0) is 5.54 Å². The van der Waals surface area contributed by atoms with Gasteiger partial charge in [0.15, 0.2) is 5.82 Å². The summed E-state index contributed by atoms with van der Waals surface area (Å²) in [5.41, 5.74) is 6.72. The van der Waals surface area contributed by atoms with E-state index in [9.17, 15) is 0 Å². The maximum absolute atomic E-state index is 6.24. The van der Waals surface area contributed by atoms with Crippen LogP contribution in [-0.4, -0.2) is 20.1 Å². The summed E-state index contributed by atoms with van der Waals surface area (Å²) in [7, 11) is 0. The molecular weight excluding hydrogens is 242 g/mol. The molecule has 2 aliphatic rings. The van der Waals surface area contributed by atoms with Gasteiger partial charge < -0.3 is 15.2 Å². The number of nitrogens with one attached hydrogen (secondary N) is 1. The Kier molecular flexibility index (Phi) is 2.29. The van der Waals surface area contributed by atoms with E-state index in [4.69, 9.17) is 10.3 Å². The number of nitrogens with two attached hydrogens (primary N) is 1. The molecule has 2 aliphatic carbocycles. The third-order valence-corrected chi connectivity index (χ3v) is 4.44. The van der Waals surface area contributed by atoms with E-state index in [0.717, 1.165) is 30.2 Å². The quantitative estimate of drug-likeness (QED) is 0.880. The lowest BCUT2D eigenvalue weighted by atomic mass is 9.77. The van der Waals surface area contributed by atoms with Crippen LogP contribution in [0.2, 0.25) is 0 Å². The predicted molar refractivity (Wildman–Crippen MR) is 68.2 cm³/mol. The monoisotopic (exact) mass is 259 g/mol. The summed E-state index contributed by atoms with van der Waals surface area (Å²) in [6, 6.07) is 0. The molecule has 6 heteroatoms. The molecule has 3 N–H and O–H groups in total. The fourth-order valence-electron chi connectivity index (χ4n) is 2.65. The van der Waals surface area contributed by atoms with Gasteiger partial charge in [-0.1, -0.05) is 11.6 Å². The summed E-state index contributed by atoms with van der Waals surface area (Å²) in [5.74, 6) is 2.65. The lowest BCUT2D eigenvalue weighted by Gasteiger charge is -2.35. The maximum atomic E-state index is 6.24. The van der Waals surface area contributed by atoms with Crippen LogP contribution in [0.15, 0.2) is 10.7 Å². The zero-order valence-electron chi connectivity index (χ0n) is 10.7. The van der Waals surface area contributed by atoms with Crippen molar-refractivity contribution in [2.24, 2.45) is 5.73 Å². The number of rotatable bonds is 3. The van der Waals surface area contributed by atoms with Crippen molar-refractivity contribution in [3.05, 3.63) is 17.8 Å². The average molecular weight is 259 g/mol. The SMILES string of the molecule is NC1(c2ncc(-c3nc(C4CCC4)no3)[nH]2)CCC1. The Morgan fingerprint density at radius 3 is 2.79 bits per heavy atom. The first-order valence-corrected chi connectivity index (χ1v) is 6.93. The first kappa shape index (κ1) is 11.2. The van der Waals surface area contributed by atoms with E-state index in [2.05, 4.69) is 20.1 Å². The van der Waals surface area contributed by atoms with Crippen LogP contribution in [0.4, 0.5) is 0 Å². The van der Waals surface area contributed by atoms with Crippen molar-refractivity contribution in [3.8, 4) is 11.6 Å². The Bertz CT molecular complexity index is 594. The molecule has 19 heavy (non-hydrogen) atoms. The Morgan fingerprint density at radius 2 is 2.16 bits per heavy atom. The first-order valence-electron chi connectivity index (χ1n) is 6.93. The second-order valence-electron chi connectivity index (χ2n) is 5.74. The number of H-pyrrole nitrogens is 1. The molecule has 0 amide bonds. The highest BCUT2D eigenvalue weighted by atomic mass is 16.5. The average Bonchev–Trinajstić information content (AvgIpc) is 2.91. The van der Waals surface area contributed by atoms with Crippen molar-refractivity contribution in [2.75, 3.05) is 0 Å². The van der Waals surface area contributed by atoms with Gasteiger partial charge >= 0.3 is 0 Å². The zero-order chi connectivity index (χ0) is 12.9. The molecule has 2 aromatic rings. The molecule has 0 unspecified atom stereocenters. The number of nitrogens with zero attached hydrogens (tertiary/aromatic N) is 3. The van der Waals surface area contributed by atoms with Gasteiger partial charge in [0.2, 0.25) is 0 Å². The summed E-state index contributed by atoms with van der Waals surface area (Å²) in [6.45, 7) is 0. The fraction of sp³-hybridized carbons (Fsp3) is 0.615. The highest BCUT2D eigenvalue weighted by Gasteiger charge is 2.37. The van der Waals surface area contributed by atoms with Crippen molar-refractivity contribution < 1.29 is 4.52 Å². The molecule has 4 rings (SSSR count). The lowest BCUT2D eigenvalue weighted by Crippen LogP contribution is -2.44. The summed E-state index contributed by atoms with van der Waals surface area (Å²) >= 11 is 0. The molecule has 0 atom stereocenters. The Balaban J connectivity index is 1.60. The predicted octanol–water partition coefficient (Wildman–Crippen LogP) is 2.07. The van der Waals surface area contributed by atoms with E-state index in [1.807, 2.05) is 0 Å². The highest BCUT2D eigenvalue weighted by molar-refractivity contribution is 5.45. The van der Waals surface area contributed by atoms with E-state index in [1.165, 1.54) is 25.7 Å². The number of imidazole rings is 1. The second-order valence-corrected chi connectivity index (χ2v) is 5.74. The summed E-state index contributed by atoms with van der Waals surface area (Å²) in [5, 5.41) is 4.06. The zero-order valence-corrected chi connectivity index (χ0v) is 10.7. The van der Waals surface area contributed by atoms with Crippen molar-refractivity contribution in [1.29, 1.82) is 0 Å². The van der Waals surface area contributed by atoms with Crippen LogP contribution >= 0.6 is 0 Å². The molecule has 6 nitrogen and oxygen atoms in total. The number of hydrogen-bond donors (Lipinski definition) is 2. The Morgan fingerprint density at radius 1 is 1.32 bits per heavy atom. The number of aromatic nitrogens is 4. The topological polar surface area (TPSA) is 93.6 Å². The molecule has 0 spiro atoms. The van der Waals surface area contributed by atoms with Crippen LogP contribution < -0.4 is 5.73 Å². The highest BCUT2D eigenvalue weighted by Crippen LogP contribution is 2.38. The van der Waals surface area contributed by atoms with E-state index in [-0.39, 0.29) is 5.54 Å². The normalized spacial score (nSPS) is 21.9. The minimum absolute atomic E-state index is 0.283. The number of aromatic amines is 1. The van der Waals surface area contributed by atoms with Crippen molar-refractivity contribution in [3.63, 3.8) is 0 Å². The van der Waals surface area contributed by atoms with E-state index in [1.54, 1.807) is 6.20 Å². The van der Waals surface area contributed by atoms with Gasteiger partial charge in [-0.2, -0.15) is 4.98 Å². The van der Waals surface area contributed by atoms with E-state index >= 15 is 0 Å². The van der Waals surface area contributed by atoms with E-state index in [0.29, 0.717) is 11.8 Å².